The van der Waals surface area contributed by atoms with Gasteiger partial charge in [-0.15, -0.1) is 12.6 Å². The lowest BCUT2D eigenvalue weighted by Gasteiger charge is -2.30. The fourth-order valence-electron chi connectivity index (χ4n) is 5.05. The number of methoxy groups -OCH3 is 1. The fourth-order valence-corrected chi connectivity index (χ4v) is 5.22. The topological polar surface area (TPSA) is 41.8 Å². The number of benzene rings is 2. The average Bonchev–Trinajstić information content (AvgIpc) is 3.01. The summed E-state index contributed by atoms with van der Waals surface area (Å²) in [7, 11) is 1.55. The van der Waals surface area contributed by atoms with Crippen LogP contribution in [0.4, 0.5) is 0 Å². The molecule has 0 spiro atoms. The van der Waals surface area contributed by atoms with Gasteiger partial charge in [-0.05, 0) is 47.2 Å². The summed E-state index contributed by atoms with van der Waals surface area (Å²) in [5, 5.41) is 13.7. The zero-order chi connectivity index (χ0) is 20.0. The molecule has 0 aromatic heterocycles. The third-order valence-corrected chi connectivity index (χ3v) is 6.97. The molecule has 3 atom stereocenters. The summed E-state index contributed by atoms with van der Waals surface area (Å²) in [6, 6.07) is 10.6. The van der Waals surface area contributed by atoms with E-state index in [1.807, 2.05) is 19.9 Å². The molecule has 0 radical (unpaired) electrons. The summed E-state index contributed by atoms with van der Waals surface area (Å²) in [6.45, 7) is 14.7. The third-order valence-electron chi connectivity index (χ3n) is 6.76. The van der Waals surface area contributed by atoms with Gasteiger partial charge in [0.1, 0.15) is 5.54 Å². The van der Waals surface area contributed by atoms with Crippen LogP contribution in [0.15, 0.2) is 46.8 Å². The van der Waals surface area contributed by atoms with Crippen molar-refractivity contribution in [2.24, 2.45) is 4.99 Å². The number of ether oxygens (including phenoxy) is 1. The molecule has 1 N–H and O–H groups in total. The first-order valence-electron chi connectivity index (χ1n) is 9.27. The Morgan fingerprint density at radius 2 is 1.78 bits per heavy atom. The number of allylic oxidation sites excluding steroid dienone is 1. The van der Waals surface area contributed by atoms with Crippen LogP contribution in [0.1, 0.15) is 51.3 Å². The van der Waals surface area contributed by atoms with Crippen molar-refractivity contribution >= 4 is 29.1 Å². The molecular formula is C23H27NO2S. The van der Waals surface area contributed by atoms with Crippen molar-refractivity contribution in [1.82, 2.24) is 0 Å². The smallest absolute Gasteiger partial charge is 0.204 e. The molecule has 1 aliphatic heterocycles. The van der Waals surface area contributed by atoms with Gasteiger partial charge in [-0.25, -0.2) is 0 Å². The number of aliphatic imine (C=N–C) groups is 1. The molecule has 0 amide bonds. The minimum atomic E-state index is -1.37. The number of nitrogens with zero attached hydrogens (tertiary/aromatic N) is 1. The van der Waals surface area contributed by atoms with Crippen molar-refractivity contribution in [2.75, 3.05) is 7.11 Å². The summed E-state index contributed by atoms with van der Waals surface area (Å²) in [4.78, 5) is 5.52. The van der Waals surface area contributed by atoms with Gasteiger partial charge < -0.3 is 9.84 Å². The normalized spacial score (nSPS) is 31.9. The highest BCUT2D eigenvalue weighted by Gasteiger charge is 2.87. The molecular weight excluding hydrogens is 354 g/mol. The Hall–Kier alpha value is -1.62. The largest absolute Gasteiger partial charge is 0.363 e. The van der Waals surface area contributed by atoms with Gasteiger partial charge >= 0.3 is 0 Å². The van der Waals surface area contributed by atoms with Crippen LogP contribution >= 0.6 is 12.6 Å². The third kappa shape index (κ3) is 1.99. The monoisotopic (exact) mass is 381 g/mol. The predicted molar refractivity (Wildman–Crippen MR) is 115 cm³/mol. The van der Waals surface area contributed by atoms with Crippen molar-refractivity contribution in [2.45, 2.75) is 56.8 Å². The molecule has 2 aromatic rings. The standard InChI is InChI=1S/C23H27NO2S/c1-13(27)19-16-12-17(20(2,3)4)14-10-8-9-11-15(14)18(16)21(5)22(6,24-19)23(21,25)26-7/h8-12,25,27H,1H2,2-7H3. The van der Waals surface area contributed by atoms with E-state index in [2.05, 4.69) is 64.2 Å². The van der Waals surface area contributed by atoms with E-state index in [1.54, 1.807) is 7.11 Å². The molecule has 2 aliphatic rings. The maximum absolute atomic E-state index is 11.4. The van der Waals surface area contributed by atoms with Gasteiger partial charge in [0, 0.05) is 17.6 Å². The first-order chi connectivity index (χ1) is 12.4. The van der Waals surface area contributed by atoms with E-state index in [4.69, 9.17) is 9.73 Å². The number of aliphatic hydroxyl groups is 1. The highest BCUT2D eigenvalue weighted by Crippen LogP contribution is 2.71. The first-order valence-corrected chi connectivity index (χ1v) is 9.71. The number of hydrogen-bond donors (Lipinski definition) is 2. The van der Waals surface area contributed by atoms with Crippen LogP contribution in [-0.2, 0) is 15.6 Å². The Morgan fingerprint density at radius 1 is 1.19 bits per heavy atom. The Kier molecular flexibility index (Phi) is 3.64. The van der Waals surface area contributed by atoms with Crippen LogP contribution in [0, 0.1) is 0 Å². The van der Waals surface area contributed by atoms with Crippen LogP contribution in [0.3, 0.4) is 0 Å². The lowest BCUT2D eigenvalue weighted by Crippen LogP contribution is -2.28. The molecule has 0 bridgehead atoms. The van der Waals surface area contributed by atoms with Crippen LogP contribution in [0.5, 0.6) is 0 Å². The first kappa shape index (κ1) is 18.7. The SMILES string of the molecule is C=C(S)C1=NC2(C)C(O)(OC)C2(C)c2c1cc(C(C)(C)C)c1ccccc21. The Balaban J connectivity index is 2.21. The van der Waals surface area contributed by atoms with E-state index >= 15 is 0 Å². The number of hydrogen-bond acceptors (Lipinski definition) is 4. The van der Waals surface area contributed by atoms with Gasteiger partial charge in [-0.3, -0.25) is 4.99 Å². The number of fused-ring (bicyclic) bond motifs is 5. The molecule has 0 saturated heterocycles. The molecule has 1 aliphatic carbocycles. The molecule has 1 saturated carbocycles. The second-order valence-electron chi connectivity index (χ2n) is 9.09. The van der Waals surface area contributed by atoms with Gasteiger partial charge in [0.2, 0.25) is 5.79 Å². The van der Waals surface area contributed by atoms with E-state index in [0.29, 0.717) is 4.91 Å². The molecule has 1 heterocycles. The molecule has 3 nitrogen and oxygen atoms in total. The number of rotatable bonds is 2. The zero-order valence-electron chi connectivity index (χ0n) is 16.8. The lowest BCUT2D eigenvalue weighted by atomic mass is 9.75. The van der Waals surface area contributed by atoms with Crippen molar-refractivity contribution in [3.8, 4) is 0 Å². The molecule has 1 fully saturated rings. The van der Waals surface area contributed by atoms with Gasteiger partial charge in [-0.1, -0.05) is 51.6 Å². The van der Waals surface area contributed by atoms with E-state index in [9.17, 15) is 5.11 Å². The summed E-state index contributed by atoms with van der Waals surface area (Å²) in [6.07, 6.45) is 0. The zero-order valence-corrected chi connectivity index (χ0v) is 17.7. The second kappa shape index (κ2) is 5.25. The Labute approximate surface area is 166 Å². The quantitative estimate of drug-likeness (QED) is 0.582. The molecule has 2 aromatic carbocycles. The summed E-state index contributed by atoms with van der Waals surface area (Å²) in [5.74, 6) is -1.37. The summed E-state index contributed by atoms with van der Waals surface area (Å²) in [5.41, 5.74) is 2.57. The second-order valence-corrected chi connectivity index (χ2v) is 9.63. The van der Waals surface area contributed by atoms with Crippen LogP contribution in [0.2, 0.25) is 0 Å². The van der Waals surface area contributed by atoms with Crippen molar-refractivity contribution in [1.29, 1.82) is 0 Å². The average molecular weight is 382 g/mol. The molecule has 3 unspecified atom stereocenters. The maximum Gasteiger partial charge on any atom is 0.204 e. The summed E-state index contributed by atoms with van der Waals surface area (Å²) >= 11 is 4.53. The Morgan fingerprint density at radius 3 is 2.30 bits per heavy atom. The fraction of sp³-hybridized carbons (Fsp3) is 0.435. The highest BCUT2D eigenvalue weighted by molar-refractivity contribution is 7.85. The Bertz CT molecular complexity index is 1030. The van der Waals surface area contributed by atoms with Crippen LogP contribution in [0.25, 0.3) is 10.8 Å². The van der Waals surface area contributed by atoms with Crippen LogP contribution in [-0.4, -0.2) is 29.3 Å². The summed E-state index contributed by atoms with van der Waals surface area (Å²) < 4.78 is 5.63. The van der Waals surface area contributed by atoms with E-state index in [1.165, 1.54) is 10.9 Å². The molecule has 4 rings (SSSR count). The van der Waals surface area contributed by atoms with Gasteiger partial charge in [-0.2, -0.15) is 0 Å². The van der Waals surface area contributed by atoms with Crippen molar-refractivity contribution < 1.29 is 9.84 Å². The predicted octanol–water partition coefficient (Wildman–Crippen LogP) is 4.75. The molecule has 4 heteroatoms. The number of thiol groups is 1. The van der Waals surface area contributed by atoms with Crippen LogP contribution < -0.4 is 0 Å². The van der Waals surface area contributed by atoms with E-state index in [0.717, 1.165) is 22.2 Å². The van der Waals surface area contributed by atoms with E-state index in [-0.39, 0.29) is 5.41 Å². The highest BCUT2D eigenvalue weighted by atomic mass is 32.1. The van der Waals surface area contributed by atoms with Crippen molar-refractivity contribution in [3.63, 3.8) is 0 Å². The maximum atomic E-state index is 11.4. The minimum Gasteiger partial charge on any atom is -0.363 e. The molecule has 142 valence electrons. The lowest BCUT2D eigenvalue weighted by molar-refractivity contribution is -0.128. The van der Waals surface area contributed by atoms with E-state index < -0.39 is 16.7 Å². The van der Waals surface area contributed by atoms with Crippen molar-refractivity contribution in [3.05, 3.63) is 58.5 Å². The molecule has 27 heavy (non-hydrogen) atoms. The minimum absolute atomic E-state index is 0.0412. The van der Waals surface area contributed by atoms with Gasteiger partial charge in [0.05, 0.1) is 11.1 Å². The van der Waals surface area contributed by atoms with Gasteiger partial charge in [0.15, 0.2) is 0 Å². The van der Waals surface area contributed by atoms with Gasteiger partial charge in [0.25, 0.3) is 0 Å².